The quantitative estimate of drug-likeness (QED) is 0.600. The van der Waals surface area contributed by atoms with Crippen molar-refractivity contribution in [2.45, 2.75) is 27.7 Å². The fraction of sp³-hybridized carbons (Fsp3) is 0.385. The first-order chi connectivity index (χ1) is 6.59. The van der Waals surface area contributed by atoms with Crippen LogP contribution in [-0.2, 0) is 0 Å². The molecular weight excluding hydrogens is 172 g/mol. The van der Waals surface area contributed by atoms with Crippen molar-refractivity contribution in [3.05, 3.63) is 36.1 Å². The van der Waals surface area contributed by atoms with Gasteiger partial charge in [0.1, 0.15) is 11.3 Å². The molecule has 1 heterocycles. The third-order valence-electron chi connectivity index (χ3n) is 1.55. The number of fused-ring (bicyclic) bond motifs is 1. The lowest BCUT2D eigenvalue weighted by Gasteiger charge is -1.82. The Bertz CT molecular complexity index is 349. The fourth-order valence-electron chi connectivity index (χ4n) is 1.11. The molecule has 1 aromatic heterocycles. The third kappa shape index (κ3) is 3.25. The molecule has 0 amide bonds. The average molecular weight is 190 g/mol. The zero-order chi connectivity index (χ0) is 10.6. The second-order valence-corrected chi connectivity index (χ2v) is 4.13. The number of rotatable bonds is 0. The standard InChI is InChI=1S/C9H8O.C4H10/c1-7-6-8-4-2-3-5-9(8)10-7;1-4(2)3/h2-6H,1H3;4H,1-3H3. The first-order valence-corrected chi connectivity index (χ1v) is 5.04. The van der Waals surface area contributed by atoms with Crippen LogP contribution >= 0.6 is 0 Å². The Hall–Kier alpha value is -1.24. The minimum absolute atomic E-state index is 0.833. The van der Waals surface area contributed by atoms with E-state index in [1.165, 1.54) is 5.39 Å². The molecule has 0 bridgehead atoms. The number of hydrogen-bond acceptors (Lipinski definition) is 1. The van der Waals surface area contributed by atoms with Gasteiger partial charge < -0.3 is 4.42 Å². The van der Waals surface area contributed by atoms with Gasteiger partial charge in [-0.3, -0.25) is 0 Å². The monoisotopic (exact) mass is 190 g/mol. The summed E-state index contributed by atoms with van der Waals surface area (Å²) < 4.78 is 5.37. The molecule has 76 valence electrons. The summed E-state index contributed by atoms with van der Waals surface area (Å²) >= 11 is 0. The third-order valence-corrected chi connectivity index (χ3v) is 1.55. The highest BCUT2D eigenvalue weighted by molar-refractivity contribution is 5.77. The van der Waals surface area contributed by atoms with E-state index in [9.17, 15) is 0 Å². The number of benzene rings is 1. The van der Waals surface area contributed by atoms with Gasteiger partial charge in [-0.25, -0.2) is 0 Å². The molecule has 0 fully saturated rings. The second-order valence-electron chi connectivity index (χ2n) is 4.13. The predicted molar refractivity (Wildman–Crippen MR) is 61.5 cm³/mol. The molecule has 0 saturated carbocycles. The highest BCUT2D eigenvalue weighted by atomic mass is 16.3. The maximum atomic E-state index is 5.37. The van der Waals surface area contributed by atoms with Crippen LogP contribution in [0.4, 0.5) is 0 Å². The highest BCUT2D eigenvalue weighted by Gasteiger charge is 1.95. The largest absolute Gasteiger partial charge is 0.461 e. The van der Waals surface area contributed by atoms with E-state index in [2.05, 4.69) is 20.8 Å². The molecule has 0 atom stereocenters. The van der Waals surface area contributed by atoms with Crippen molar-refractivity contribution in [1.82, 2.24) is 0 Å². The Morgan fingerprint density at radius 3 is 2.21 bits per heavy atom. The normalized spacial score (nSPS) is 10.1. The Balaban J connectivity index is 0.000000213. The molecule has 2 rings (SSSR count). The van der Waals surface area contributed by atoms with Crippen LogP contribution in [-0.4, -0.2) is 0 Å². The minimum Gasteiger partial charge on any atom is -0.461 e. The van der Waals surface area contributed by atoms with Gasteiger partial charge >= 0.3 is 0 Å². The number of hydrogen-bond donors (Lipinski definition) is 0. The SMILES string of the molecule is CC(C)C.Cc1cc2ccccc2o1. The van der Waals surface area contributed by atoms with Crippen molar-refractivity contribution in [2.24, 2.45) is 5.92 Å². The van der Waals surface area contributed by atoms with Gasteiger partial charge in [0.2, 0.25) is 0 Å². The van der Waals surface area contributed by atoms with Gasteiger partial charge in [0, 0.05) is 5.39 Å². The van der Waals surface area contributed by atoms with Crippen LogP contribution in [0.1, 0.15) is 26.5 Å². The molecule has 0 spiro atoms. The molecule has 0 aliphatic rings. The van der Waals surface area contributed by atoms with Gasteiger partial charge in [0.15, 0.2) is 0 Å². The van der Waals surface area contributed by atoms with E-state index in [1.807, 2.05) is 37.3 Å². The van der Waals surface area contributed by atoms with E-state index in [4.69, 9.17) is 4.42 Å². The van der Waals surface area contributed by atoms with Crippen LogP contribution < -0.4 is 0 Å². The highest BCUT2D eigenvalue weighted by Crippen LogP contribution is 2.17. The van der Waals surface area contributed by atoms with Gasteiger partial charge in [0.05, 0.1) is 0 Å². The van der Waals surface area contributed by atoms with Gasteiger partial charge in [-0.2, -0.15) is 0 Å². The smallest absolute Gasteiger partial charge is 0.134 e. The molecule has 0 N–H and O–H groups in total. The molecule has 0 unspecified atom stereocenters. The lowest BCUT2D eigenvalue weighted by Crippen LogP contribution is -1.66. The van der Waals surface area contributed by atoms with Crippen LogP contribution in [0.25, 0.3) is 11.0 Å². The zero-order valence-corrected chi connectivity index (χ0v) is 9.37. The Labute approximate surface area is 85.7 Å². The van der Waals surface area contributed by atoms with Crippen LogP contribution in [0.3, 0.4) is 0 Å². The van der Waals surface area contributed by atoms with E-state index in [-0.39, 0.29) is 0 Å². The topological polar surface area (TPSA) is 13.1 Å². The van der Waals surface area contributed by atoms with Crippen molar-refractivity contribution < 1.29 is 4.42 Å². The first kappa shape index (κ1) is 10.8. The second kappa shape index (κ2) is 4.85. The molecule has 0 saturated heterocycles. The van der Waals surface area contributed by atoms with Gasteiger partial charge in [0.25, 0.3) is 0 Å². The summed E-state index contributed by atoms with van der Waals surface area (Å²) in [6, 6.07) is 10.0. The lowest BCUT2D eigenvalue weighted by atomic mass is 10.2. The van der Waals surface area contributed by atoms with Gasteiger partial charge in [-0.1, -0.05) is 39.0 Å². The summed E-state index contributed by atoms with van der Waals surface area (Å²) in [6.45, 7) is 8.46. The summed E-state index contributed by atoms with van der Waals surface area (Å²) in [5.74, 6) is 1.81. The molecule has 1 heteroatoms. The summed E-state index contributed by atoms with van der Waals surface area (Å²) in [4.78, 5) is 0. The van der Waals surface area contributed by atoms with Gasteiger partial charge in [-0.05, 0) is 25.0 Å². The molecule has 1 nitrogen and oxygen atoms in total. The van der Waals surface area contributed by atoms with E-state index in [0.29, 0.717) is 0 Å². The molecule has 1 aromatic carbocycles. The van der Waals surface area contributed by atoms with E-state index >= 15 is 0 Å². The molecular formula is C13H18O. The van der Waals surface area contributed by atoms with Crippen molar-refractivity contribution in [1.29, 1.82) is 0 Å². The van der Waals surface area contributed by atoms with Crippen LogP contribution in [0.5, 0.6) is 0 Å². The number of para-hydroxylation sites is 1. The maximum Gasteiger partial charge on any atom is 0.134 e. The minimum atomic E-state index is 0.833. The van der Waals surface area contributed by atoms with Crippen LogP contribution in [0.2, 0.25) is 0 Å². The molecule has 0 aliphatic heterocycles. The Kier molecular flexibility index (Phi) is 3.75. The number of aryl methyl sites for hydroxylation is 1. The van der Waals surface area contributed by atoms with Crippen molar-refractivity contribution >= 4 is 11.0 Å². The zero-order valence-electron chi connectivity index (χ0n) is 9.37. The molecule has 2 aromatic rings. The summed E-state index contributed by atoms with van der Waals surface area (Å²) in [5, 5.41) is 1.18. The van der Waals surface area contributed by atoms with E-state index in [1.54, 1.807) is 0 Å². The maximum absolute atomic E-state index is 5.37. The molecule has 0 radical (unpaired) electrons. The van der Waals surface area contributed by atoms with Crippen molar-refractivity contribution in [2.75, 3.05) is 0 Å². The average Bonchev–Trinajstić information content (AvgIpc) is 2.42. The summed E-state index contributed by atoms with van der Waals surface area (Å²) in [7, 11) is 0. The van der Waals surface area contributed by atoms with Crippen LogP contribution in [0, 0.1) is 12.8 Å². The van der Waals surface area contributed by atoms with Crippen molar-refractivity contribution in [3.8, 4) is 0 Å². The summed E-state index contributed by atoms with van der Waals surface area (Å²) in [5.41, 5.74) is 0.972. The van der Waals surface area contributed by atoms with Crippen LogP contribution in [0.15, 0.2) is 34.7 Å². The Morgan fingerprint density at radius 1 is 1.07 bits per heavy atom. The Morgan fingerprint density at radius 2 is 1.64 bits per heavy atom. The predicted octanol–water partition coefficient (Wildman–Crippen LogP) is 4.40. The molecule has 14 heavy (non-hydrogen) atoms. The lowest BCUT2D eigenvalue weighted by molar-refractivity contribution is 0.578. The fourth-order valence-corrected chi connectivity index (χ4v) is 1.11. The van der Waals surface area contributed by atoms with E-state index in [0.717, 1.165) is 17.3 Å². The first-order valence-electron chi connectivity index (χ1n) is 5.04. The van der Waals surface area contributed by atoms with E-state index < -0.39 is 0 Å². The summed E-state index contributed by atoms with van der Waals surface area (Å²) in [6.07, 6.45) is 0. The number of furan rings is 1. The van der Waals surface area contributed by atoms with Gasteiger partial charge in [-0.15, -0.1) is 0 Å². The van der Waals surface area contributed by atoms with Crippen molar-refractivity contribution in [3.63, 3.8) is 0 Å². The molecule has 0 aliphatic carbocycles.